The molecule has 1 nitrogen and oxygen atoms in total. The predicted molar refractivity (Wildman–Crippen MR) is 94.4 cm³/mol. The average molecular weight is 350 g/mol. The molecule has 0 aromatic heterocycles. The molecule has 1 aliphatic carbocycles. The van der Waals surface area contributed by atoms with E-state index in [1.54, 1.807) is 12.1 Å². The predicted octanol–water partition coefficient (Wildman–Crippen LogP) is 6.41. The third-order valence-electron chi connectivity index (χ3n) is 5.30. The maximum atomic E-state index is 14.5. The van der Waals surface area contributed by atoms with E-state index in [4.69, 9.17) is 4.74 Å². The van der Waals surface area contributed by atoms with Gasteiger partial charge in [0.2, 0.25) is 5.82 Å². The fraction of sp³-hybridized carbons (Fsp3) is 0.524. The zero-order chi connectivity index (χ0) is 18.0. The third-order valence-corrected chi connectivity index (χ3v) is 5.30. The summed E-state index contributed by atoms with van der Waals surface area (Å²) in [5, 5.41) is 0.0609. The van der Waals surface area contributed by atoms with Gasteiger partial charge in [0.1, 0.15) is 5.82 Å². The monoisotopic (exact) mass is 350 g/mol. The van der Waals surface area contributed by atoms with E-state index in [0.29, 0.717) is 29.9 Å². The van der Waals surface area contributed by atoms with Gasteiger partial charge in [-0.15, -0.1) is 0 Å². The summed E-state index contributed by atoms with van der Waals surface area (Å²) in [6.07, 6.45) is 5.64. The normalized spacial score (nSPS) is 20.8. The molecular formula is C21H25F3O. The van der Waals surface area contributed by atoms with Gasteiger partial charge >= 0.3 is 0 Å². The van der Waals surface area contributed by atoms with E-state index >= 15 is 0 Å². The van der Waals surface area contributed by atoms with Crippen molar-refractivity contribution in [1.29, 1.82) is 0 Å². The number of hydrogen-bond acceptors (Lipinski definition) is 1. The van der Waals surface area contributed by atoms with Crippen LogP contribution in [0.25, 0.3) is 10.8 Å². The van der Waals surface area contributed by atoms with Crippen molar-refractivity contribution in [3.8, 4) is 5.75 Å². The largest absolute Gasteiger partial charge is 0.490 e. The first-order valence-electron chi connectivity index (χ1n) is 9.23. The first-order valence-corrected chi connectivity index (χ1v) is 9.23. The van der Waals surface area contributed by atoms with Crippen LogP contribution < -0.4 is 4.74 Å². The SMILES string of the molecule is CCCc1ccc2cc(OCC3CCC(C)CC3)c(F)c(F)c2c1F. The molecule has 0 unspecified atom stereocenters. The highest BCUT2D eigenvalue weighted by Gasteiger charge is 2.22. The second kappa shape index (κ2) is 7.67. The Bertz CT molecular complexity index is 749. The molecular weight excluding hydrogens is 325 g/mol. The first-order chi connectivity index (χ1) is 12.0. The van der Waals surface area contributed by atoms with E-state index < -0.39 is 17.5 Å². The zero-order valence-corrected chi connectivity index (χ0v) is 14.9. The molecule has 0 amide bonds. The van der Waals surface area contributed by atoms with Crippen molar-refractivity contribution in [2.45, 2.75) is 52.4 Å². The lowest BCUT2D eigenvalue weighted by Crippen LogP contribution is -2.19. The smallest absolute Gasteiger partial charge is 0.201 e. The highest BCUT2D eigenvalue weighted by molar-refractivity contribution is 5.86. The molecule has 1 saturated carbocycles. The number of aryl methyl sites for hydroxylation is 1. The lowest BCUT2D eigenvalue weighted by atomic mass is 9.83. The zero-order valence-electron chi connectivity index (χ0n) is 14.9. The van der Waals surface area contributed by atoms with Gasteiger partial charge in [0.05, 0.1) is 12.0 Å². The summed E-state index contributed by atoms with van der Waals surface area (Å²) >= 11 is 0. The minimum absolute atomic E-state index is 0.119. The van der Waals surface area contributed by atoms with E-state index in [2.05, 4.69) is 6.92 Å². The van der Waals surface area contributed by atoms with Gasteiger partial charge in [0.25, 0.3) is 0 Å². The second-order valence-corrected chi connectivity index (χ2v) is 7.33. The number of benzene rings is 2. The lowest BCUT2D eigenvalue weighted by Gasteiger charge is -2.26. The molecule has 0 N–H and O–H groups in total. The molecule has 0 atom stereocenters. The molecule has 0 saturated heterocycles. The van der Waals surface area contributed by atoms with Crippen LogP contribution in [0.4, 0.5) is 13.2 Å². The minimum atomic E-state index is -1.15. The van der Waals surface area contributed by atoms with Gasteiger partial charge in [-0.05, 0) is 48.1 Å². The standard InChI is InChI=1S/C21H25F3O/c1-3-4-15-9-10-16-11-17(20(23)21(24)18(16)19(15)22)25-12-14-7-5-13(2)6-8-14/h9-11,13-14H,3-8,12H2,1-2H3. The molecule has 0 spiro atoms. The van der Waals surface area contributed by atoms with E-state index in [1.807, 2.05) is 6.92 Å². The van der Waals surface area contributed by atoms with Gasteiger partial charge in [0, 0.05) is 0 Å². The summed E-state index contributed by atoms with van der Waals surface area (Å²) in [5.41, 5.74) is 0.415. The fourth-order valence-corrected chi connectivity index (χ4v) is 3.67. The van der Waals surface area contributed by atoms with Crippen LogP contribution in [0.5, 0.6) is 5.75 Å². The van der Waals surface area contributed by atoms with Crippen molar-refractivity contribution >= 4 is 10.8 Å². The Hall–Kier alpha value is -1.71. The average Bonchev–Trinajstić information content (AvgIpc) is 2.60. The summed E-state index contributed by atoms with van der Waals surface area (Å²) in [5.74, 6) is -1.93. The number of halogens is 3. The molecule has 1 fully saturated rings. The van der Waals surface area contributed by atoms with Gasteiger partial charge in [-0.3, -0.25) is 0 Å². The van der Waals surface area contributed by atoms with Gasteiger partial charge in [-0.2, -0.15) is 4.39 Å². The summed E-state index contributed by atoms with van der Waals surface area (Å²) in [6, 6.07) is 4.70. The van der Waals surface area contributed by atoms with E-state index in [-0.39, 0.29) is 11.1 Å². The first kappa shape index (κ1) is 18.1. The Morgan fingerprint density at radius 1 is 1.00 bits per heavy atom. The van der Waals surface area contributed by atoms with Crippen LogP contribution in [0.1, 0.15) is 51.5 Å². The topological polar surface area (TPSA) is 9.23 Å². The van der Waals surface area contributed by atoms with Crippen molar-refractivity contribution < 1.29 is 17.9 Å². The van der Waals surface area contributed by atoms with Crippen LogP contribution in [0.3, 0.4) is 0 Å². The Morgan fingerprint density at radius 3 is 2.40 bits per heavy atom. The highest BCUT2D eigenvalue weighted by Crippen LogP contribution is 2.33. The molecule has 1 aliphatic rings. The Balaban J connectivity index is 1.85. The molecule has 2 aromatic carbocycles. The maximum Gasteiger partial charge on any atom is 0.201 e. The Kier molecular flexibility index (Phi) is 5.55. The quantitative estimate of drug-likeness (QED) is 0.605. The van der Waals surface area contributed by atoms with E-state index in [9.17, 15) is 13.2 Å². The number of fused-ring (bicyclic) bond motifs is 1. The summed E-state index contributed by atoms with van der Waals surface area (Å²) in [6.45, 7) is 4.53. The molecule has 4 heteroatoms. The van der Waals surface area contributed by atoms with Gasteiger partial charge in [-0.25, -0.2) is 8.78 Å². The summed E-state index contributed by atoms with van der Waals surface area (Å²) in [4.78, 5) is 0. The molecule has 0 radical (unpaired) electrons. The Morgan fingerprint density at radius 2 is 1.72 bits per heavy atom. The minimum Gasteiger partial charge on any atom is -0.490 e. The van der Waals surface area contributed by atoms with Crippen LogP contribution in [-0.2, 0) is 6.42 Å². The molecule has 0 heterocycles. The van der Waals surface area contributed by atoms with Crippen molar-refractivity contribution in [2.75, 3.05) is 6.61 Å². The molecule has 0 aliphatic heterocycles. The van der Waals surface area contributed by atoms with Gasteiger partial charge < -0.3 is 4.74 Å². The van der Waals surface area contributed by atoms with Crippen LogP contribution in [0.15, 0.2) is 18.2 Å². The lowest BCUT2D eigenvalue weighted by molar-refractivity contribution is 0.182. The van der Waals surface area contributed by atoms with Crippen molar-refractivity contribution in [3.63, 3.8) is 0 Å². The summed E-state index contributed by atoms with van der Waals surface area (Å²) in [7, 11) is 0. The highest BCUT2D eigenvalue weighted by atomic mass is 19.2. The number of rotatable bonds is 5. The third kappa shape index (κ3) is 3.78. The molecule has 3 rings (SSSR count). The van der Waals surface area contributed by atoms with Crippen molar-refractivity contribution in [3.05, 3.63) is 41.2 Å². The number of ether oxygens (including phenoxy) is 1. The van der Waals surface area contributed by atoms with Crippen molar-refractivity contribution in [1.82, 2.24) is 0 Å². The van der Waals surface area contributed by atoms with Crippen LogP contribution >= 0.6 is 0 Å². The molecule has 2 aromatic rings. The van der Waals surface area contributed by atoms with E-state index in [0.717, 1.165) is 38.0 Å². The fourth-order valence-electron chi connectivity index (χ4n) is 3.67. The van der Waals surface area contributed by atoms with Gasteiger partial charge in [0.15, 0.2) is 11.6 Å². The van der Waals surface area contributed by atoms with Crippen LogP contribution in [0, 0.1) is 29.3 Å². The molecule has 25 heavy (non-hydrogen) atoms. The van der Waals surface area contributed by atoms with E-state index in [1.165, 1.54) is 6.07 Å². The maximum absolute atomic E-state index is 14.5. The van der Waals surface area contributed by atoms with Crippen molar-refractivity contribution in [2.24, 2.45) is 11.8 Å². The number of hydrogen-bond donors (Lipinski definition) is 0. The summed E-state index contributed by atoms with van der Waals surface area (Å²) < 4.78 is 48.9. The van der Waals surface area contributed by atoms with Crippen LogP contribution in [-0.4, -0.2) is 6.61 Å². The Labute approximate surface area is 147 Å². The molecule has 136 valence electrons. The van der Waals surface area contributed by atoms with Gasteiger partial charge in [-0.1, -0.05) is 45.2 Å². The molecule has 0 bridgehead atoms. The van der Waals surface area contributed by atoms with Crippen LogP contribution in [0.2, 0.25) is 0 Å². The second-order valence-electron chi connectivity index (χ2n) is 7.33.